The normalized spacial score (nSPS) is 10.9. The van der Waals surface area contributed by atoms with Crippen LogP contribution in [0.2, 0.25) is 0 Å². The lowest BCUT2D eigenvalue weighted by Gasteiger charge is -2.05. The Labute approximate surface area is 116 Å². The number of amides is 1. The standard InChI is InChI=1S/C13H17N3O4/c1-2-3-12(18)20-16-13(15)9-4-6-10(7-5-9)19-8-11(14)17/h4-7H,2-3,8H2,1H3,(H2,14,17)(H2,15,16). The van der Waals surface area contributed by atoms with E-state index in [4.69, 9.17) is 16.2 Å². The number of nitrogens with two attached hydrogens (primary N) is 2. The first-order chi connectivity index (χ1) is 9.52. The molecule has 0 spiro atoms. The molecule has 1 aromatic rings. The molecule has 0 fully saturated rings. The van der Waals surface area contributed by atoms with Crippen molar-refractivity contribution in [2.45, 2.75) is 19.8 Å². The Morgan fingerprint density at radius 1 is 1.20 bits per heavy atom. The molecule has 0 saturated heterocycles. The third-order valence-electron chi connectivity index (χ3n) is 2.23. The lowest BCUT2D eigenvalue weighted by atomic mass is 10.2. The smallest absolute Gasteiger partial charge is 0.335 e. The molecule has 0 unspecified atom stereocenters. The number of hydrogen-bond acceptors (Lipinski definition) is 5. The van der Waals surface area contributed by atoms with Gasteiger partial charge in [-0.05, 0) is 30.7 Å². The van der Waals surface area contributed by atoms with Gasteiger partial charge in [0.25, 0.3) is 5.91 Å². The molecule has 1 amide bonds. The number of rotatable bonds is 7. The van der Waals surface area contributed by atoms with Crippen LogP contribution in [-0.2, 0) is 14.4 Å². The van der Waals surface area contributed by atoms with Crippen LogP contribution in [0.4, 0.5) is 0 Å². The number of carbonyl (C=O) groups is 2. The molecule has 0 bridgehead atoms. The van der Waals surface area contributed by atoms with Crippen molar-refractivity contribution in [3.63, 3.8) is 0 Å². The van der Waals surface area contributed by atoms with Crippen LogP contribution in [0.5, 0.6) is 5.75 Å². The van der Waals surface area contributed by atoms with Gasteiger partial charge < -0.3 is 21.0 Å². The van der Waals surface area contributed by atoms with Crippen molar-refractivity contribution in [3.8, 4) is 5.75 Å². The van der Waals surface area contributed by atoms with E-state index in [-0.39, 0.29) is 18.9 Å². The fourth-order valence-electron chi connectivity index (χ4n) is 1.28. The van der Waals surface area contributed by atoms with Crippen LogP contribution in [0.3, 0.4) is 0 Å². The highest BCUT2D eigenvalue weighted by atomic mass is 16.7. The van der Waals surface area contributed by atoms with Gasteiger partial charge in [-0.3, -0.25) is 4.79 Å². The maximum atomic E-state index is 11.1. The zero-order chi connectivity index (χ0) is 15.0. The minimum Gasteiger partial charge on any atom is -0.484 e. The van der Waals surface area contributed by atoms with Gasteiger partial charge in [0.1, 0.15) is 5.75 Å². The Morgan fingerprint density at radius 3 is 2.40 bits per heavy atom. The number of primary amides is 1. The van der Waals surface area contributed by atoms with Crippen LogP contribution < -0.4 is 16.2 Å². The summed E-state index contributed by atoms with van der Waals surface area (Å²) in [6.45, 7) is 1.66. The lowest BCUT2D eigenvalue weighted by molar-refractivity contribution is -0.143. The molecule has 0 saturated carbocycles. The Morgan fingerprint density at radius 2 is 1.85 bits per heavy atom. The van der Waals surface area contributed by atoms with Gasteiger partial charge >= 0.3 is 5.97 Å². The van der Waals surface area contributed by atoms with Gasteiger partial charge in [-0.15, -0.1) is 0 Å². The van der Waals surface area contributed by atoms with Gasteiger partial charge in [0.2, 0.25) is 0 Å². The van der Waals surface area contributed by atoms with Gasteiger partial charge in [-0.25, -0.2) is 4.79 Å². The Kier molecular flexibility index (Phi) is 6.02. The van der Waals surface area contributed by atoms with E-state index in [0.29, 0.717) is 17.7 Å². The summed E-state index contributed by atoms with van der Waals surface area (Å²) in [5.74, 6) is -0.436. The van der Waals surface area contributed by atoms with Crippen LogP contribution in [0.25, 0.3) is 0 Å². The molecule has 0 aliphatic carbocycles. The minimum atomic E-state index is -0.557. The quantitative estimate of drug-likeness (QED) is 0.326. The summed E-state index contributed by atoms with van der Waals surface area (Å²) in [5.41, 5.74) is 11.2. The van der Waals surface area contributed by atoms with Gasteiger partial charge in [0.15, 0.2) is 12.4 Å². The number of carbonyl (C=O) groups excluding carboxylic acids is 2. The largest absolute Gasteiger partial charge is 0.484 e. The van der Waals surface area contributed by atoms with Gasteiger partial charge in [0, 0.05) is 12.0 Å². The Hall–Kier alpha value is -2.57. The molecule has 1 rings (SSSR count). The fourth-order valence-corrected chi connectivity index (χ4v) is 1.28. The van der Waals surface area contributed by atoms with E-state index in [1.807, 2.05) is 6.92 Å². The van der Waals surface area contributed by atoms with E-state index < -0.39 is 11.9 Å². The summed E-state index contributed by atoms with van der Waals surface area (Å²) in [6, 6.07) is 6.47. The highest BCUT2D eigenvalue weighted by Gasteiger charge is 2.04. The molecule has 0 heterocycles. The molecule has 0 aliphatic heterocycles. The molecule has 20 heavy (non-hydrogen) atoms. The molecule has 1 aromatic carbocycles. The molecule has 0 atom stereocenters. The van der Waals surface area contributed by atoms with Crippen molar-refractivity contribution in [2.24, 2.45) is 16.6 Å². The Balaban J connectivity index is 2.60. The van der Waals surface area contributed by atoms with Crippen LogP contribution in [-0.4, -0.2) is 24.3 Å². The second-order valence-electron chi connectivity index (χ2n) is 3.97. The van der Waals surface area contributed by atoms with Crippen molar-refractivity contribution in [3.05, 3.63) is 29.8 Å². The highest BCUT2D eigenvalue weighted by Crippen LogP contribution is 2.12. The molecule has 7 nitrogen and oxygen atoms in total. The maximum absolute atomic E-state index is 11.1. The van der Waals surface area contributed by atoms with Crippen LogP contribution in [0, 0.1) is 0 Å². The predicted octanol–water partition coefficient (Wildman–Crippen LogP) is 0.514. The van der Waals surface area contributed by atoms with Crippen molar-refractivity contribution in [1.82, 2.24) is 0 Å². The van der Waals surface area contributed by atoms with Crippen molar-refractivity contribution < 1.29 is 19.2 Å². The summed E-state index contributed by atoms with van der Waals surface area (Å²) < 4.78 is 5.09. The average molecular weight is 279 g/mol. The number of oxime groups is 1. The van der Waals surface area contributed by atoms with E-state index in [1.54, 1.807) is 24.3 Å². The summed E-state index contributed by atoms with van der Waals surface area (Å²) in [7, 11) is 0. The summed E-state index contributed by atoms with van der Waals surface area (Å²) in [4.78, 5) is 26.3. The van der Waals surface area contributed by atoms with E-state index in [1.165, 1.54) is 0 Å². The minimum absolute atomic E-state index is 0.0795. The van der Waals surface area contributed by atoms with E-state index >= 15 is 0 Å². The fraction of sp³-hybridized carbons (Fsp3) is 0.308. The summed E-state index contributed by atoms with van der Waals surface area (Å²) in [6.07, 6.45) is 0.969. The Bertz CT molecular complexity index is 497. The average Bonchev–Trinajstić information content (AvgIpc) is 2.43. The lowest BCUT2D eigenvalue weighted by Crippen LogP contribution is -2.20. The first-order valence-corrected chi connectivity index (χ1v) is 6.07. The zero-order valence-corrected chi connectivity index (χ0v) is 11.2. The van der Waals surface area contributed by atoms with E-state index in [0.717, 1.165) is 0 Å². The van der Waals surface area contributed by atoms with Crippen molar-refractivity contribution in [2.75, 3.05) is 6.61 Å². The molecule has 4 N–H and O–H groups in total. The number of nitrogens with zero attached hydrogens (tertiary/aromatic N) is 1. The topological polar surface area (TPSA) is 117 Å². The molecular weight excluding hydrogens is 262 g/mol. The number of hydrogen-bond donors (Lipinski definition) is 2. The van der Waals surface area contributed by atoms with Gasteiger partial charge in [-0.1, -0.05) is 12.1 Å². The molecule has 7 heteroatoms. The van der Waals surface area contributed by atoms with E-state index in [9.17, 15) is 9.59 Å². The van der Waals surface area contributed by atoms with Crippen molar-refractivity contribution >= 4 is 17.7 Å². The van der Waals surface area contributed by atoms with Gasteiger partial charge in [0.05, 0.1) is 0 Å². The van der Waals surface area contributed by atoms with E-state index in [2.05, 4.69) is 9.99 Å². The van der Waals surface area contributed by atoms with Crippen LogP contribution >= 0.6 is 0 Å². The third-order valence-corrected chi connectivity index (χ3v) is 2.23. The summed E-state index contributed by atoms with van der Waals surface area (Å²) in [5, 5.41) is 3.55. The second kappa shape index (κ2) is 7.78. The van der Waals surface area contributed by atoms with Gasteiger partial charge in [-0.2, -0.15) is 0 Å². The summed E-state index contributed by atoms with van der Waals surface area (Å²) >= 11 is 0. The number of ether oxygens (including phenoxy) is 1. The first-order valence-electron chi connectivity index (χ1n) is 6.07. The molecule has 0 aromatic heterocycles. The number of benzene rings is 1. The number of amidine groups is 1. The molecule has 108 valence electrons. The second-order valence-corrected chi connectivity index (χ2v) is 3.97. The SMILES string of the molecule is CCCC(=O)O/N=C(\N)c1ccc(OCC(N)=O)cc1. The third kappa shape index (κ3) is 5.38. The molecular formula is C13H17N3O4. The van der Waals surface area contributed by atoms with Crippen LogP contribution in [0.1, 0.15) is 25.3 Å². The molecule has 0 aliphatic rings. The van der Waals surface area contributed by atoms with Crippen molar-refractivity contribution in [1.29, 1.82) is 0 Å². The van der Waals surface area contributed by atoms with Crippen LogP contribution in [0.15, 0.2) is 29.4 Å². The molecule has 0 radical (unpaired) electrons. The first kappa shape index (κ1) is 15.5. The maximum Gasteiger partial charge on any atom is 0.335 e. The highest BCUT2D eigenvalue weighted by molar-refractivity contribution is 5.97. The predicted molar refractivity (Wildman–Crippen MR) is 72.9 cm³/mol. The monoisotopic (exact) mass is 279 g/mol. The zero-order valence-electron chi connectivity index (χ0n) is 11.2.